The molecule has 4 nitrogen and oxygen atoms in total. The molecule has 1 atom stereocenters. The van der Waals surface area contributed by atoms with Gasteiger partial charge in [0.25, 0.3) is 0 Å². The number of aromatic nitrogens is 1. The van der Waals surface area contributed by atoms with Crippen molar-refractivity contribution in [3.63, 3.8) is 0 Å². The number of carbonyl (C=O) groups is 1. The van der Waals surface area contributed by atoms with E-state index in [2.05, 4.69) is 16.8 Å². The summed E-state index contributed by atoms with van der Waals surface area (Å²) in [6, 6.07) is 0.535. The van der Waals surface area contributed by atoms with Crippen molar-refractivity contribution < 1.29 is 9.21 Å². The monoisotopic (exact) mass is 208 g/mol. The van der Waals surface area contributed by atoms with Crippen molar-refractivity contribution >= 4 is 6.29 Å². The summed E-state index contributed by atoms with van der Waals surface area (Å²) in [6.07, 6.45) is 5.46. The molecule has 0 radical (unpaired) electrons. The van der Waals surface area contributed by atoms with Crippen molar-refractivity contribution in [1.29, 1.82) is 0 Å². The minimum atomic E-state index is 0.325. The molecular weight excluding hydrogens is 192 g/mol. The Morgan fingerprint density at radius 1 is 1.73 bits per heavy atom. The zero-order chi connectivity index (χ0) is 10.7. The Labute approximate surface area is 89.3 Å². The first kappa shape index (κ1) is 10.4. The molecule has 1 aromatic heterocycles. The SMILES string of the molecule is CCN1CCCC1Cc1ncc(C=O)o1. The number of hydrogen-bond acceptors (Lipinski definition) is 4. The van der Waals surface area contributed by atoms with Gasteiger partial charge in [0.15, 0.2) is 17.9 Å². The van der Waals surface area contributed by atoms with Crippen LogP contribution in [0.4, 0.5) is 0 Å². The molecule has 1 saturated heterocycles. The van der Waals surface area contributed by atoms with Crippen LogP contribution in [-0.4, -0.2) is 35.3 Å². The van der Waals surface area contributed by atoms with Gasteiger partial charge in [0.2, 0.25) is 0 Å². The quantitative estimate of drug-likeness (QED) is 0.704. The Morgan fingerprint density at radius 3 is 3.27 bits per heavy atom. The molecule has 4 heteroatoms. The molecule has 2 heterocycles. The third-order valence-corrected chi connectivity index (χ3v) is 3.00. The first-order valence-electron chi connectivity index (χ1n) is 5.47. The summed E-state index contributed by atoms with van der Waals surface area (Å²) >= 11 is 0. The Bertz CT molecular complexity index is 335. The second kappa shape index (κ2) is 4.57. The van der Waals surface area contributed by atoms with E-state index >= 15 is 0 Å². The van der Waals surface area contributed by atoms with Crippen LogP contribution < -0.4 is 0 Å². The summed E-state index contributed by atoms with van der Waals surface area (Å²) in [6.45, 7) is 4.42. The molecule has 0 N–H and O–H groups in total. The maximum Gasteiger partial charge on any atom is 0.196 e. The average Bonchev–Trinajstić information content (AvgIpc) is 2.87. The third kappa shape index (κ3) is 2.26. The topological polar surface area (TPSA) is 46.3 Å². The highest BCUT2D eigenvalue weighted by Gasteiger charge is 2.24. The van der Waals surface area contributed by atoms with Crippen LogP contribution in [0, 0.1) is 0 Å². The van der Waals surface area contributed by atoms with Crippen molar-refractivity contribution in [2.24, 2.45) is 0 Å². The van der Waals surface area contributed by atoms with Crippen LogP contribution in [0.1, 0.15) is 36.2 Å². The van der Waals surface area contributed by atoms with E-state index in [1.54, 1.807) is 0 Å². The highest BCUT2D eigenvalue weighted by atomic mass is 16.4. The first-order chi connectivity index (χ1) is 7.33. The number of likely N-dealkylation sites (tertiary alicyclic amines) is 1. The van der Waals surface area contributed by atoms with Gasteiger partial charge >= 0.3 is 0 Å². The predicted molar refractivity (Wildman–Crippen MR) is 55.9 cm³/mol. The normalized spacial score (nSPS) is 22.1. The van der Waals surface area contributed by atoms with E-state index in [-0.39, 0.29) is 0 Å². The largest absolute Gasteiger partial charge is 0.438 e. The number of aldehydes is 1. The predicted octanol–water partition coefficient (Wildman–Crippen LogP) is 1.51. The fourth-order valence-electron chi connectivity index (χ4n) is 2.22. The average molecular weight is 208 g/mol. The van der Waals surface area contributed by atoms with Crippen LogP contribution >= 0.6 is 0 Å². The van der Waals surface area contributed by atoms with Gasteiger partial charge in [0.1, 0.15) is 0 Å². The van der Waals surface area contributed by atoms with E-state index < -0.39 is 0 Å². The van der Waals surface area contributed by atoms with Gasteiger partial charge in [-0.1, -0.05) is 6.92 Å². The van der Waals surface area contributed by atoms with Crippen LogP contribution in [0.5, 0.6) is 0 Å². The van der Waals surface area contributed by atoms with Gasteiger partial charge < -0.3 is 9.32 Å². The summed E-state index contributed by atoms with van der Waals surface area (Å²) < 4.78 is 5.28. The summed E-state index contributed by atoms with van der Waals surface area (Å²) in [7, 11) is 0. The fraction of sp³-hybridized carbons (Fsp3) is 0.636. The Balaban J connectivity index is 1.98. The maximum atomic E-state index is 10.4. The van der Waals surface area contributed by atoms with Gasteiger partial charge in [-0.05, 0) is 25.9 Å². The Kier molecular flexibility index (Phi) is 3.16. The molecule has 2 rings (SSSR count). The van der Waals surface area contributed by atoms with Crippen LogP contribution in [0.2, 0.25) is 0 Å². The van der Waals surface area contributed by atoms with E-state index in [1.807, 2.05) is 0 Å². The van der Waals surface area contributed by atoms with Gasteiger partial charge in [-0.2, -0.15) is 0 Å². The van der Waals surface area contributed by atoms with Gasteiger partial charge in [-0.25, -0.2) is 4.98 Å². The second-order valence-corrected chi connectivity index (χ2v) is 3.90. The fourth-order valence-corrected chi connectivity index (χ4v) is 2.22. The van der Waals surface area contributed by atoms with Gasteiger partial charge in [0.05, 0.1) is 6.20 Å². The lowest BCUT2D eigenvalue weighted by atomic mass is 10.1. The molecule has 1 unspecified atom stereocenters. The maximum absolute atomic E-state index is 10.4. The molecule has 1 aliphatic rings. The Morgan fingerprint density at radius 2 is 2.60 bits per heavy atom. The molecule has 1 aliphatic heterocycles. The lowest BCUT2D eigenvalue weighted by Gasteiger charge is -2.20. The standard InChI is InChI=1S/C11H16N2O2/c1-2-13-5-3-4-9(13)6-11-12-7-10(8-14)15-11/h7-9H,2-6H2,1H3. The molecule has 0 saturated carbocycles. The van der Waals surface area contributed by atoms with Gasteiger partial charge in [0, 0.05) is 12.5 Å². The minimum absolute atomic E-state index is 0.325. The van der Waals surface area contributed by atoms with Crippen molar-refractivity contribution in [2.75, 3.05) is 13.1 Å². The zero-order valence-electron chi connectivity index (χ0n) is 8.98. The number of oxazole rings is 1. The van der Waals surface area contributed by atoms with E-state index in [4.69, 9.17) is 4.42 Å². The minimum Gasteiger partial charge on any atom is -0.438 e. The summed E-state index contributed by atoms with van der Waals surface area (Å²) in [5.74, 6) is 1.01. The number of nitrogens with zero attached hydrogens (tertiary/aromatic N) is 2. The molecule has 0 amide bonds. The molecular formula is C11H16N2O2. The molecule has 82 valence electrons. The third-order valence-electron chi connectivity index (χ3n) is 3.00. The van der Waals surface area contributed by atoms with Gasteiger partial charge in [-0.3, -0.25) is 4.79 Å². The molecule has 1 fully saturated rings. The van der Waals surface area contributed by atoms with Crippen molar-refractivity contribution in [3.8, 4) is 0 Å². The molecule has 0 aromatic carbocycles. The van der Waals surface area contributed by atoms with Crippen LogP contribution in [0.25, 0.3) is 0 Å². The van der Waals surface area contributed by atoms with E-state index in [0.717, 1.165) is 13.0 Å². The molecule has 0 spiro atoms. The van der Waals surface area contributed by atoms with Crippen LogP contribution in [0.3, 0.4) is 0 Å². The van der Waals surface area contributed by atoms with E-state index in [9.17, 15) is 4.79 Å². The highest BCUT2D eigenvalue weighted by Crippen LogP contribution is 2.20. The lowest BCUT2D eigenvalue weighted by Crippen LogP contribution is -2.30. The number of likely N-dealkylation sites (N-methyl/N-ethyl adjacent to an activating group) is 1. The number of hydrogen-bond donors (Lipinski definition) is 0. The van der Waals surface area contributed by atoms with Crippen molar-refractivity contribution in [3.05, 3.63) is 17.8 Å². The highest BCUT2D eigenvalue weighted by molar-refractivity contribution is 5.69. The smallest absolute Gasteiger partial charge is 0.196 e. The number of carbonyl (C=O) groups excluding carboxylic acids is 1. The van der Waals surface area contributed by atoms with Crippen LogP contribution in [-0.2, 0) is 6.42 Å². The first-order valence-corrected chi connectivity index (χ1v) is 5.47. The summed E-state index contributed by atoms with van der Waals surface area (Å²) in [4.78, 5) is 17.0. The van der Waals surface area contributed by atoms with E-state index in [1.165, 1.54) is 25.6 Å². The Hall–Kier alpha value is -1.16. The lowest BCUT2D eigenvalue weighted by molar-refractivity contribution is 0.109. The second-order valence-electron chi connectivity index (χ2n) is 3.90. The van der Waals surface area contributed by atoms with E-state index in [0.29, 0.717) is 24.0 Å². The number of rotatable bonds is 4. The molecule has 15 heavy (non-hydrogen) atoms. The summed E-state index contributed by atoms with van der Waals surface area (Å²) in [5.41, 5.74) is 0. The molecule has 0 aliphatic carbocycles. The van der Waals surface area contributed by atoms with Crippen molar-refractivity contribution in [1.82, 2.24) is 9.88 Å². The summed E-state index contributed by atoms with van der Waals surface area (Å²) in [5, 5.41) is 0. The van der Waals surface area contributed by atoms with Crippen molar-refractivity contribution in [2.45, 2.75) is 32.2 Å². The molecule has 0 bridgehead atoms. The van der Waals surface area contributed by atoms with Crippen LogP contribution in [0.15, 0.2) is 10.6 Å². The zero-order valence-corrected chi connectivity index (χ0v) is 8.98. The molecule has 1 aromatic rings. The van der Waals surface area contributed by atoms with Gasteiger partial charge in [-0.15, -0.1) is 0 Å².